The second-order valence-corrected chi connectivity index (χ2v) is 11.7. The highest BCUT2D eigenvalue weighted by Crippen LogP contribution is 2.32. The summed E-state index contributed by atoms with van der Waals surface area (Å²) in [6.07, 6.45) is -0.199. The number of aryl methyl sites for hydroxylation is 1. The number of nitrogens with zero attached hydrogens (tertiary/aromatic N) is 2. The van der Waals surface area contributed by atoms with Gasteiger partial charge in [-0.25, -0.2) is 18.7 Å². The average molecular weight is 456 g/mol. The predicted molar refractivity (Wildman–Crippen MR) is 118 cm³/mol. The van der Waals surface area contributed by atoms with Crippen LogP contribution in [0.15, 0.2) is 20.8 Å². The first kappa shape index (κ1) is 24.6. The molecule has 0 aliphatic heterocycles. The molecule has 0 saturated carbocycles. The van der Waals surface area contributed by atoms with Gasteiger partial charge in [0.25, 0.3) is 5.91 Å². The maximum atomic E-state index is 14.5. The largest absolute Gasteiger partial charge is 0.384 e. The van der Waals surface area contributed by atoms with Crippen LogP contribution < -0.4 is 5.14 Å². The molecule has 1 atom stereocenters. The van der Waals surface area contributed by atoms with Gasteiger partial charge in [0.05, 0.1) is 12.1 Å². The quantitative estimate of drug-likeness (QED) is 0.667. The van der Waals surface area contributed by atoms with Gasteiger partial charge in [0, 0.05) is 4.88 Å². The highest BCUT2D eigenvalue weighted by Gasteiger charge is 2.27. The van der Waals surface area contributed by atoms with Crippen LogP contribution in [0.5, 0.6) is 0 Å². The van der Waals surface area contributed by atoms with Crippen LogP contribution in [0, 0.1) is 12.7 Å². The smallest absolute Gasteiger partial charge is 0.259 e. The molecule has 3 N–H and O–H groups in total. The number of nitrogens with two attached hydrogens (primary N) is 1. The third-order valence-corrected chi connectivity index (χ3v) is 7.51. The van der Waals surface area contributed by atoms with Crippen LogP contribution in [0.4, 0.5) is 4.39 Å². The Labute approximate surface area is 182 Å². The average Bonchev–Trinajstić information content (AvgIpc) is 2.96. The standard InChI is InChI=1S/C21H30FN3O3S2/c1-11(2)14-8-9-16(22)18(12(3)4)15(14)10-17(26)25-30(23,28)20-24-19(13(5)29-20)21(6,7)27/h8-9,11-12,27H,10H2,1-7H3,(H2,23,25,26,28). The van der Waals surface area contributed by atoms with Gasteiger partial charge in [-0.05, 0) is 55.4 Å². The van der Waals surface area contributed by atoms with E-state index in [-0.39, 0.29) is 28.4 Å². The third kappa shape index (κ3) is 5.32. The molecule has 0 aliphatic rings. The summed E-state index contributed by atoms with van der Waals surface area (Å²) in [6, 6.07) is 3.09. The molecular weight excluding hydrogens is 425 g/mol. The van der Waals surface area contributed by atoms with Crippen LogP contribution in [0.25, 0.3) is 0 Å². The second kappa shape index (κ2) is 8.82. The number of halogens is 1. The summed E-state index contributed by atoms with van der Waals surface area (Å²) in [7, 11) is -3.59. The van der Waals surface area contributed by atoms with E-state index in [1.54, 1.807) is 26.8 Å². The normalized spacial score (nSPS) is 14.3. The minimum atomic E-state index is -3.59. The number of carbonyl (C=O) groups excluding carboxylic acids is 1. The zero-order valence-corrected chi connectivity index (χ0v) is 20.1. The molecule has 9 heteroatoms. The summed E-state index contributed by atoms with van der Waals surface area (Å²) in [6.45, 7) is 12.5. The number of aromatic nitrogens is 1. The van der Waals surface area contributed by atoms with Gasteiger partial charge >= 0.3 is 0 Å². The summed E-state index contributed by atoms with van der Waals surface area (Å²) in [5, 5.41) is 16.1. The Bertz CT molecular complexity index is 1080. The Morgan fingerprint density at radius 1 is 1.30 bits per heavy atom. The van der Waals surface area contributed by atoms with Crippen molar-refractivity contribution in [2.45, 2.75) is 76.7 Å². The molecule has 1 amide bonds. The molecule has 0 saturated heterocycles. The van der Waals surface area contributed by atoms with Gasteiger partial charge in [0.1, 0.15) is 11.4 Å². The summed E-state index contributed by atoms with van der Waals surface area (Å²) in [4.78, 5) is 17.6. The Balaban J connectivity index is 2.50. The summed E-state index contributed by atoms with van der Waals surface area (Å²) in [5.74, 6) is -1.14. The fourth-order valence-electron chi connectivity index (χ4n) is 3.45. The maximum Gasteiger partial charge on any atom is 0.259 e. The van der Waals surface area contributed by atoms with E-state index in [1.165, 1.54) is 6.07 Å². The van der Waals surface area contributed by atoms with Crippen LogP contribution in [0.1, 0.15) is 80.6 Å². The number of hydrogen-bond donors (Lipinski definition) is 2. The third-order valence-electron chi connectivity index (χ3n) is 4.71. The Morgan fingerprint density at radius 3 is 2.37 bits per heavy atom. The Morgan fingerprint density at radius 2 is 1.90 bits per heavy atom. The molecule has 0 radical (unpaired) electrons. The summed E-state index contributed by atoms with van der Waals surface area (Å²) < 4.78 is 31.2. The van der Waals surface area contributed by atoms with E-state index in [9.17, 15) is 18.5 Å². The fourth-order valence-corrected chi connectivity index (χ4v) is 5.88. The molecule has 6 nitrogen and oxygen atoms in total. The first-order valence-corrected chi connectivity index (χ1v) is 12.1. The van der Waals surface area contributed by atoms with Crippen molar-refractivity contribution in [2.24, 2.45) is 9.50 Å². The van der Waals surface area contributed by atoms with Crippen molar-refractivity contribution in [2.75, 3.05) is 0 Å². The van der Waals surface area contributed by atoms with E-state index in [0.717, 1.165) is 16.9 Å². The van der Waals surface area contributed by atoms with Crippen molar-refractivity contribution < 1.29 is 18.5 Å². The zero-order valence-electron chi connectivity index (χ0n) is 18.4. The number of aliphatic hydroxyl groups is 1. The molecule has 2 aromatic rings. The van der Waals surface area contributed by atoms with Gasteiger partial charge in [0.2, 0.25) is 4.34 Å². The first-order chi connectivity index (χ1) is 13.6. The van der Waals surface area contributed by atoms with Gasteiger partial charge in [-0.2, -0.15) is 0 Å². The Kier molecular flexibility index (Phi) is 7.23. The van der Waals surface area contributed by atoms with Gasteiger partial charge in [-0.3, -0.25) is 4.79 Å². The Hall–Kier alpha value is -1.68. The molecule has 0 aliphatic carbocycles. The zero-order chi connectivity index (χ0) is 23.0. The van der Waals surface area contributed by atoms with Crippen molar-refractivity contribution in [3.8, 4) is 0 Å². The lowest BCUT2D eigenvalue weighted by atomic mass is 9.86. The highest BCUT2D eigenvalue weighted by atomic mass is 32.2. The lowest BCUT2D eigenvalue weighted by Crippen LogP contribution is -2.19. The molecule has 1 heterocycles. The van der Waals surface area contributed by atoms with Crippen LogP contribution in [-0.4, -0.2) is 20.2 Å². The summed E-state index contributed by atoms with van der Waals surface area (Å²) >= 11 is 1.04. The van der Waals surface area contributed by atoms with Gasteiger partial charge in [0.15, 0.2) is 9.92 Å². The number of rotatable bonds is 6. The number of thiazole rings is 1. The SMILES string of the molecule is Cc1sc(S(N)(=O)=NC(=O)Cc2c(C(C)C)ccc(F)c2C(C)C)nc1C(C)(C)O. The molecule has 166 valence electrons. The van der Waals surface area contributed by atoms with E-state index < -0.39 is 21.4 Å². The molecule has 2 rings (SSSR count). The monoisotopic (exact) mass is 455 g/mol. The van der Waals surface area contributed by atoms with E-state index >= 15 is 0 Å². The fraction of sp³-hybridized carbons (Fsp3) is 0.524. The minimum absolute atomic E-state index is 0.0158. The van der Waals surface area contributed by atoms with Crippen molar-refractivity contribution in [1.29, 1.82) is 0 Å². The van der Waals surface area contributed by atoms with Gasteiger partial charge in [-0.15, -0.1) is 15.7 Å². The molecular formula is C21H30FN3O3S2. The van der Waals surface area contributed by atoms with Crippen molar-refractivity contribution in [3.05, 3.63) is 45.2 Å². The van der Waals surface area contributed by atoms with Crippen molar-refractivity contribution in [1.82, 2.24) is 4.98 Å². The molecule has 1 unspecified atom stereocenters. The number of carbonyl (C=O) groups is 1. The maximum absolute atomic E-state index is 14.5. The molecule has 1 aromatic carbocycles. The highest BCUT2D eigenvalue weighted by molar-refractivity contribution is 7.93. The van der Waals surface area contributed by atoms with E-state index in [4.69, 9.17) is 5.14 Å². The van der Waals surface area contributed by atoms with Crippen molar-refractivity contribution >= 4 is 27.2 Å². The number of benzene rings is 1. The molecule has 1 aromatic heterocycles. The van der Waals surface area contributed by atoms with E-state index in [0.29, 0.717) is 21.7 Å². The van der Waals surface area contributed by atoms with Crippen LogP contribution in [-0.2, 0) is 26.7 Å². The van der Waals surface area contributed by atoms with E-state index in [2.05, 4.69) is 9.35 Å². The number of amides is 1. The second-order valence-electron chi connectivity index (χ2n) is 8.51. The molecule has 0 spiro atoms. The topological polar surface area (TPSA) is 106 Å². The van der Waals surface area contributed by atoms with Crippen LogP contribution in [0.3, 0.4) is 0 Å². The predicted octanol–water partition coefficient (Wildman–Crippen LogP) is 4.53. The minimum Gasteiger partial charge on any atom is -0.384 e. The summed E-state index contributed by atoms with van der Waals surface area (Å²) in [5.41, 5.74) is 0.983. The lowest BCUT2D eigenvalue weighted by Gasteiger charge is -2.19. The van der Waals surface area contributed by atoms with Gasteiger partial charge in [-0.1, -0.05) is 33.8 Å². The number of hydrogen-bond acceptors (Lipinski definition) is 5. The van der Waals surface area contributed by atoms with Gasteiger partial charge < -0.3 is 5.11 Å². The van der Waals surface area contributed by atoms with Crippen LogP contribution >= 0.6 is 11.3 Å². The molecule has 0 bridgehead atoms. The molecule has 0 fully saturated rings. The van der Waals surface area contributed by atoms with Crippen LogP contribution in [0.2, 0.25) is 0 Å². The molecule has 30 heavy (non-hydrogen) atoms. The van der Waals surface area contributed by atoms with E-state index in [1.807, 2.05) is 27.7 Å². The first-order valence-electron chi connectivity index (χ1n) is 9.74. The lowest BCUT2D eigenvalue weighted by molar-refractivity contribution is -0.117. The van der Waals surface area contributed by atoms with Crippen molar-refractivity contribution in [3.63, 3.8) is 0 Å².